The summed E-state index contributed by atoms with van der Waals surface area (Å²) in [4.78, 5) is 2.18. The zero-order valence-electron chi connectivity index (χ0n) is 12.3. The number of likely N-dealkylation sites (N-methyl/N-ethyl adjacent to an activating group) is 1. The molecule has 2 rings (SSSR count). The Morgan fingerprint density at radius 1 is 1.30 bits per heavy atom. The van der Waals surface area contributed by atoms with Crippen LogP contribution in [0.15, 0.2) is 24.3 Å². The number of hydrogen-bond acceptors (Lipinski definition) is 3. The first-order valence-corrected chi connectivity index (χ1v) is 7.73. The zero-order chi connectivity index (χ0) is 14.8. The molecular formula is C16H25ClN2O. The van der Waals surface area contributed by atoms with E-state index in [1.807, 2.05) is 38.2 Å². The maximum atomic E-state index is 10.6. The molecule has 4 heteroatoms. The second-order valence-electron chi connectivity index (χ2n) is 6.20. The van der Waals surface area contributed by atoms with Crippen molar-refractivity contribution in [3.05, 3.63) is 34.9 Å². The summed E-state index contributed by atoms with van der Waals surface area (Å²) in [5.41, 5.74) is 6.77. The van der Waals surface area contributed by atoms with Crippen molar-refractivity contribution < 1.29 is 5.11 Å². The van der Waals surface area contributed by atoms with E-state index in [0.29, 0.717) is 6.54 Å². The van der Waals surface area contributed by atoms with Gasteiger partial charge in [-0.3, -0.25) is 4.90 Å². The Labute approximate surface area is 126 Å². The van der Waals surface area contributed by atoms with Crippen LogP contribution < -0.4 is 5.73 Å². The molecule has 0 bridgehead atoms. The van der Waals surface area contributed by atoms with Crippen molar-refractivity contribution in [3.63, 3.8) is 0 Å². The molecule has 1 aromatic rings. The summed E-state index contributed by atoms with van der Waals surface area (Å²) in [5, 5.41) is 11.3. The highest BCUT2D eigenvalue weighted by molar-refractivity contribution is 6.30. The minimum atomic E-state index is -0.547. The van der Waals surface area contributed by atoms with Crippen LogP contribution in [0.1, 0.15) is 44.2 Å². The highest BCUT2D eigenvalue weighted by atomic mass is 35.5. The third kappa shape index (κ3) is 3.73. The molecule has 0 aromatic heterocycles. The van der Waals surface area contributed by atoms with Crippen LogP contribution in [0.3, 0.4) is 0 Å². The van der Waals surface area contributed by atoms with E-state index in [9.17, 15) is 5.11 Å². The van der Waals surface area contributed by atoms with Gasteiger partial charge < -0.3 is 10.8 Å². The molecule has 1 aliphatic rings. The quantitative estimate of drug-likeness (QED) is 0.878. The van der Waals surface area contributed by atoms with Crippen molar-refractivity contribution in [2.45, 2.75) is 50.3 Å². The topological polar surface area (TPSA) is 49.5 Å². The summed E-state index contributed by atoms with van der Waals surface area (Å²) >= 11 is 5.95. The monoisotopic (exact) mass is 296 g/mol. The molecule has 112 valence electrons. The van der Waals surface area contributed by atoms with E-state index in [2.05, 4.69) is 4.90 Å². The Kier molecular flexibility index (Phi) is 5.08. The van der Waals surface area contributed by atoms with Gasteiger partial charge in [-0.05, 0) is 44.5 Å². The van der Waals surface area contributed by atoms with E-state index in [-0.39, 0.29) is 12.1 Å². The molecule has 3 nitrogen and oxygen atoms in total. The molecule has 1 aliphatic carbocycles. The van der Waals surface area contributed by atoms with Crippen molar-refractivity contribution in [2.75, 3.05) is 13.6 Å². The van der Waals surface area contributed by atoms with Crippen LogP contribution in [0, 0.1) is 0 Å². The van der Waals surface area contributed by atoms with Gasteiger partial charge in [0.2, 0.25) is 0 Å². The summed E-state index contributed by atoms with van der Waals surface area (Å²) in [7, 11) is 2.04. The number of nitrogens with zero attached hydrogens (tertiary/aromatic N) is 1. The molecule has 0 amide bonds. The van der Waals surface area contributed by atoms with Crippen molar-refractivity contribution in [3.8, 4) is 0 Å². The van der Waals surface area contributed by atoms with Gasteiger partial charge in [-0.15, -0.1) is 0 Å². The Morgan fingerprint density at radius 2 is 1.85 bits per heavy atom. The van der Waals surface area contributed by atoms with E-state index < -0.39 is 5.60 Å². The molecule has 3 N–H and O–H groups in total. The predicted molar refractivity (Wildman–Crippen MR) is 83.9 cm³/mol. The van der Waals surface area contributed by atoms with Crippen LogP contribution in [0.5, 0.6) is 0 Å². The molecule has 0 radical (unpaired) electrons. The van der Waals surface area contributed by atoms with Gasteiger partial charge in [-0.2, -0.15) is 0 Å². The molecule has 0 heterocycles. The largest absolute Gasteiger partial charge is 0.389 e. The summed E-state index contributed by atoms with van der Waals surface area (Å²) in [5.74, 6) is 0. The van der Waals surface area contributed by atoms with Crippen LogP contribution in [0.25, 0.3) is 0 Å². The standard InChI is InChI=1S/C16H25ClN2O/c1-12(18)15(13-5-7-14(17)8-6-13)19(2)11-16(20)9-3-4-10-16/h5-8,12,15,20H,3-4,9-11,18H2,1-2H3. The molecule has 0 saturated heterocycles. The average Bonchev–Trinajstić information content (AvgIpc) is 2.78. The Bertz CT molecular complexity index is 427. The lowest BCUT2D eigenvalue weighted by Crippen LogP contribution is -2.45. The van der Waals surface area contributed by atoms with E-state index in [1.165, 1.54) is 0 Å². The highest BCUT2D eigenvalue weighted by Crippen LogP contribution is 2.33. The molecular weight excluding hydrogens is 272 g/mol. The van der Waals surface area contributed by atoms with Crippen LogP contribution in [-0.2, 0) is 0 Å². The summed E-state index contributed by atoms with van der Waals surface area (Å²) in [6.45, 7) is 2.68. The molecule has 1 fully saturated rings. The van der Waals surface area contributed by atoms with Crippen molar-refractivity contribution in [1.82, 2.24) is 4.90 Å². The van der Waals surface area contributed by atoms with E-state index in [4.69, 9.17) is 17.3 Å². The summed E-state index contributed by atoms with van der Waals surface area (Å²) < 4.78 is 0. The first kappa shape index (κ1) is 15.8. The van der Waals surface area contributed by atoms with Crippen molar-refractivity contribution >= 4 is 11.6 Å². The lowest BCUT2D eigenvalue weighted by Gasteiger charge is -2.36. The van der Waals surface area contributed by atoms with E-state index in [0.717, 1.165) is 36.3 Å². The first-order valence-electron chi connectivity index (χ1n) is 7.35. The summed E-state index contributed by atoms with van der Waals surface area (Å²) in [6, 6.07) is 7.91. The lowest BCUT2D eigenvalue weighted by molar-refractivity contribution is 0.00253. The third-order valence-electron chi connectivity index (χ3n) is 4.26. The molecule has 1 aromatic carbocycles. The van der Waals surface area contributed by atoms with Crippen molar-refractivity contribution in [2.24, 2.45) is 5.73 Å². The van der Waals surface area contributed by atoms with Gasteiger partial charge in [0.05, 0.1) is 5.60 Å². The van der Waals surface area contributed by atoms with Crippen LogP contribution in [0.4, 0.5) is 0 Å². The fourth-order valence-corrected chi connectivity index (χ4v) is 3.50. The molecule has 2 unspecified atom stereocenters. The number of halogens is 1. The average molecular weight is 297 g/mol. The van der Waals surface area contributed by atoms with E-state index in [1.54, 1.807) is 0 Å². The summed E-state index contributed by atoms with van der Waals surface area (Å²) in [6.07, 6.45) is 4.02. The fraction of sp³-hybridized carbons (Fsp3) is 0.625. The van der Waals surface area contributed by atoms with Gasteiger partial charge in [0, 0.05) is 23.7 Å². The molecule has 20 heavy (non-hydrogen) atoms. The number of aliphatic hydroxyl groups is 1. The smallest absolute Gasteiger partial charge is 0.0774 e. The molecule has 0 spiro atoms. The van der Waals surface area contributed by atoms with Crippen LogP contribution in [-0.4, -0.2) is 35.2 Å². The fourth-order valence-electron chi connectivity index (χ4n) is 3.37. The third-order valence-corrected chi connectivity index (χ3v) is 4.51. The maximum Gasteiger partial charge on any atom is 0.0774 e. The molecule has 0 aliphatic heterocycles. The Hall–Kier alpha value is -0.610. The molecule has 2 atom stereocenters. The highest BCUT2D eigenvalue weighted by Gasteiger charge is 2.34. The van der Waals surface area contributed by atoms with Gasteiger partial charge in [-0.1, -0.05) is 36.6 Å². The van der Waals surface area contributed by atoms with Gasteiger partial charge in [0.1, 0.15) is 0 Å². The van der Waals surface area contributed by atoms with Crippen molar-refractivity contribution in [1.29, 1.82) is 0 Å². The maximum absolute atomic E-state index is 10.6. The van der Waals surface area contributed by atoms with Gasteiger partial charge in [-0.25, -0.2) is 0 Å². The first-order chi connectivity index (χ1) is 9.41. The Morgan fingerprint density at radius 3 is 2.35 bits per heavy atom. The SMILES string of the molecule is CC(N)C(c1ccc(Cl)cc1)N(C)CC1(O)CCCC1. The second kappa shape index (κ2) is 6.44. The van der Waals surface area contributed by atoms with E-state index >= 15 is 0 Å². The second-order valence-corrected chi connectivity index (χ2v) is 6.64. The predicted octanol–water partition coefficient (Wildman–Crippen LogP) is 2.97. The number of rotatable bonds is 5. The van der Waals surface area contributed by atoms with Gasteiger partial charge in [0.15, 0.2) is 0 Å². The normalized spacial score (nSPS) is 21.1. The zero-order valence-corrected chi connectivity index (χ0v) is 13.1. The number of nitrogens with two attached hydrogens (primary N) is 1. The van der Waals surface area contributed by atoms with Gasteiger partial charge in [0.25, 0.3) is 0 Å². The minimum absolute atomic E-state index is 0.00817. The number of benzene rings is 1. The van der Waals surface area contributed by atoms with Crippen LogP contribution in [0.2, 0.25) is 5.02 Å². The Balaban J connectivity index is 2.13. The minimum Gasteiger partial charge on any atom is -0.389 e. The number of hydrogen-bond donors (Lipinski definition) is 2. The molecule has 1 saturated carbocycles. The van der Waals surface area contributed by atoms with Gasteiger partial charge >= 0.3 is 0 Å². The van der Waals surface area contributed by atoms with Crippen LogP contribution >= 0.6 is 11.6 Å². The lowest BCUT2D eigenvalue weighted by atomic mass is 9.96.